The van der Waals surface area contributed by atoms with Gasteiger partial charge in [-0.3, -0.25) is 0 Å². The average molecular weight is 224 g/mol. The van der Waals surface area contributed by atoms with Crippen LogP contribution in [-0.2, 0) is 38.1 Å². The molecule has 1 radical (unpaired) electrons. The third-order valence-electron chi connectivity index (χ3n) is 0.458. The van der Waals surface area contributed by atoms with Crippen LogP contribution in [0.5, 0.6) is 0 Å². The van der Waals surface area contributed by atoms with Crippen LogP contribution in [0.25, 0.3) is 0 Å². The molecule has 6 heteroatoms. The van der Waals surface area contributed by atoms with Gasteiger partial charge in [0.25, 0.3) is 0 Å². The predicted molar refractivity (Wildman–Crippen MR) is 20.7 cm³/mol. The average Bonchev–Trinajstić information content (AvgIpc) is 1.65. The van der Waals surface area contributed by atoms with Crippen molar-refractivity contribution in [3.8, 4) is 0 Å². The maximum atomic E-state index is 9.52. The molecule has 61 valence electrons. The van der Waals surface area contributed by atoms with Gasteiger partial charge in [0, 0.05) is 33.3 Å². The molecule has 0 saturated carbocycles. The van der Waals surface area contributed by atoms with E-state index in [1.165, 1.54) is 0 Å². The molecule has 0 spiro atoms. The minimum Gasteiger partial charge on any atom is -0.479 e. The zero-order valence-corrected chi connectivity index (χ0v) is 6.21. The molecular formula is C3H6CoNiO4. The van der Waals surface area contributed by atoms with Crippen LogP contribution in [0.4, 0.5) is 0 Å². The van der Waals surface area contributed by atoms with E-state index in [2.05, 4.69) is 0 Å². The maximum Gasteiger partial charge on any atom is 0.334 e. The van der Waals surface area contributed by atoms with Crippen LogP contribution < -0.4 is 0 Å². The Bertz CT molecular complexity index is 78.2. The van der Waals surface area contributed by atoms with Crippen molar-refractivity contribution in [1.82, 2.24) is 0 Å². The van der Waals surface area contributed by atoms with Crippen molar-refractivity contribution >= 4 is 5.97 Å². The first-order chi connectivity index (χ1) is 3.18. The summed E-state index contributed by atoms with van der Waals surface area (Å²) in [7, 11) is 0. The number of carboxylic acids is 1. The van der Waals surface area contributed by atoms with Crippen LogP contribution in [0.1, 0.15) is 0 Å². The molecule has 0 aromatic carbocycles. The minimum absolute atomic E-state index is 0. The summed E-state index contributed by atoms with van der Waals surface area (Å²) in [5.74, 6) is -1.40. The Morgan fingerprint density at radius 1 is 1.56 bits per heavy atom. The molecular weight excluding hydrogens is 218 g/mol. The molecule has 0 aliphatic rings. The van der Waals surface area contributed by atoms with Crippen molar-refractivity contribution in [3.05, 3.63) is 0 Å². The molecule has 4 nitrogen and oxygen atoms in total. The molecule has 0 aliphatic heterocycles. The Hall–Kier alpha value is 0.390. The third-order valence-corrected chi connectivity index (χ3v) is 0.458. The standard InChI is InChI=1S/C3H6O4.Co.Ni/c4-1-2(5)3(6)7;;/h2,4-5H,1H2,(H,6,7);;. The monoisotopic (exact) mass is 223 g/mol. The number of hydrogen-bond acceptors (Lipinski definition) is 3. The van der Waals surface area contributed by atoms with Crippen LogP contribution in [-0.4, -0.2) is 34.0 Å². The van der Waals surface area contributed by atoms with Gasteiger partial charge in [0.1, 0.15) is 0 Å². The van der Waals surface area contributed by atoms with Crippen molar-refractivity contribution < 1.29 is 53.4 Å². The molecule has 0 bridgehead atoms. The zero-order valence-electron chi connectivity index (χ0n) is 4.18. The first-order valence-electron chi connectivity index (χ1n) is 1.70. The minimum atomic E-state index is -1.63. The summed E-state index contributed by atoms with van der Waals surface area (Å²) in [6.45, 7) is -0.727. The molecule has 0 aromatic heterocycles. The van der Waals surface area contributed by atoms with E-state index >= 15 is 0 Å². The molecule has 1 atom stereocenters. The second kappa shape index (κ2) is 8.39. The van der Waals surface area contributed by atoms with Crippen LogP contribution in [0.2, 0.25) is 0 Å². The van der Waals surface area contributed by atoms with Gasteiger partial charge in [-0.05, 0) is 0 Å². The Balaban J connectivity index is -0.000000180. The molecule has 0 rings (SSSR count). The zero-order chi connectivity index (χ0) is 5.86. The number of hydrogen-bond donors (Lipinski definition) is 3. The predicted octanol–water partition coefficient (Wildman–Crippen LogP) is -1.58. The van der Waals surface area contributed by atoms with Crippen molar-refractivity contribution in [2.24, 2.45) is 0 Å². The van der Waals surface area contributed by atoms with Crippen LogP contribution in [0.3, 0.4) is 0 Å². The molecule has 0 saturated heterocycles. The SMILES string of the molecule is O=C(O)C(O)CO.[Co].[Ni]. The Labute approximate surface area is 72.4 Å². The largest absolute Gasteiger partial charge is 0.479 e. The van der Waals surface area contributed by atoms with E-state index in [-0.39, 0.29) is 33.3 Å². The Morgan fingerprint density at radius 2 is 1.89 bits per heavy atom. The van der Waals surface area contributed by atoms with Gasteiger partial charge in [-0.1, -0.05) is 0 Å². The van der Waals surface area contributed by atoms with Gasteiger partial charge >= 0.3 is 5.97 Å². The summed E-state index contributed by atoms with van der Waals surface area (Å²) in [6, 6.07) is 0. The van der Waals surface area contributed by atoms with Crippen LogP contribution in [0.15, 0.2) is 0 Å². The molecule has 0 aliphatic carbocycles. The van der Waals surface area contributed by atoms with Gasteiger partial charge in [-0.2, -0.15) is 0 Å². The van der Waals surface area contributed by atoms with Gasteiger partial charge in [0.05, 0.1) is 6.61 Å². The third kappa shape index (κ3) is 8.39. The van der Waals surface area contributed by atoms with Gasteiger partial charge in [0.15, 0.2) is 6.10 Å². The van der Waals surface area contributed by atoms with E-state index in [1.807, 2.05) is 0 Å². The topological polar surface area (TPSA) is 77.8 Å². The summed E-state index contributed by atoms with van der Waals surface area (Å²) in [6.07, 6.45) is -1.63. The molecule has 1 unspecified atom stereocenters. The quantitative estimate of drug-likeness (QED) is 0.494. The first-order valence-corrected chi connectivity index (χ1v) is 1.70. The van der Waals surface area contributed by atoms with Gasteiger partial charge in [-0.25, -0.2) is 4.79 Å². The Kier molecular flexibility index (Phi) is 15.1. The first kappa shape index (κ1) is 16.2. The number of carbonyl (C=O) groups is 1. The van der Waals surface area contributed by atoms with Gasteiger partial charge < -0.3 is 15.3 Å². The van der Waals surface area contributed by atoms with E-state index < -0.39 is 18.7 Å². The van der Waals surface area contributed by atoms with E-state index in [0.29, 0.717) is 0 Å². The molecule has 0 heterocycles. The molecule has 0 fully saturated rings. The second-order valence-corrected chi connectivity index (χ2v) is 1.04. The number of rotatable bonds is 2. The van der Waals surface area contributed by atoms with Crippen LogP contribution >= 0.6 is 0 Å². The molecule has 0 aromatic rings. The summed E-state index contributed by atoms with van der Waals surface area (Å²) in [5.41, 5.74) is 0. The number of aliphatic hydroxyl groups is 2. The van der Waals surface area contributed by atoms with E-state index in [0.717, 1.165) is 0 Å². The maximum absolute atomic E-state index is 9.52. The fraction of sp³-hybridized carbons (Fsp3) is 0.667. The van der Waals surface area contributed by atoms with Crippen molar-refractivity contribution in [1.29, 1.82) is 0 Å². The summed E-state index contributed by atoms with van der Waals surface area (Å²) in [5, 5.41) is 23.7. The van der Waals surface area contributed by atoms with Crippen molar-refractivity contribution in [2.75, 3.05) is 6.61 Å². The number of carboxylic acid groups (broad SMARTS) is 1. The normalized spacial score (nSPS) is 10.4. The van der Waals surface area contributed by atoms with E-state index in [9.17, 15) is 4.79 Å². The van der Waals surface area contributed by atoms with Gasteiger partial charge in [-0.15, -0.1) is 0 Å². The number of aliphatic carboxylic acids is 1. The van der Waals surface area contributed by atoms with Crippen molar-refractivity contribution in [2.45, 2.75) is 6.10 Å². The van der Waals surface area contributed by atoms with E-state index in [4.69, 9.17) is 15.3 Å². The fourth-order valence-electron chi connectivity index (χ4n) is 0.0781. The van der Waals surface area contributed by atoms with Crippen LogP contribution in [0, 0.1) is 0 Å². The smallest absolute Gasteiger partial charge is 0.334 e. The van der Waals surface area contributed by atoms with Crippen molar-refractivity contribution in [3.63, 3.8) is 0 Å². The number of aliphatic hydroxyl groups excluding tert-OH is 2. The van der Waals surface area contributed by atoms with E-state index in [1.54, 1.807) is 0 Å². The van der Waals surface area contributed by atoms with Gasteiger partial charge in [0.2, 0.25) is 0 Å². The summed E-state index contributed by atoms with van der Waals surface area (Å²) >= 11 is 0. The second-order valence-electron chi connectivity index (χ2n) is 1.04. The molecule has 0 amide bonds. The Morgan fingerprint density at radius 3 is 1.89 bits per heavy atom. The molecule has 9 heavy (non-hydrogen) atoms. The fourth-order valence-corrected chi connectivity index (χ4v) is 0.0781. The summed E-state index contributed by atoms with van der Waals surface area (Å²) < 4.78 is 0. The summed E-state index contributed by atoms with van der Waals surface area (Å²) in [4.78, 5) is 9.52. The molecule has 3 N–H and O–H groups in total.